The van der Waals surface area contributed by atoms with E-state index >= 15 is 0 Å². The van der Waals surface area contributed by atoms with E-state index in [1.807, 2.05) is 0 Å². The van der Waals surface area contributed by atoms with Gasteiger partial charge in [0.05, 0.1) is 65.1 Å². The molecule has 0 aromatic heterocycles. The van der Waals surface area contributed by atoms with E-state index in [1.165, 1.54) is 0 Å². The molecule has 0 bridgehead atoms. The third kappa shape index (κ3) is 5.13. The highest BCUT2D eigenvalue weighted by Gasteiger charge is 2.49. The normalized spacial score (nSPS) is 22.0. The summed E-state index contributed by atoms with van der Waals surface area (Å²) in [4.78, 5) is 0. The maximum Gasteiger partial charge on any atom is 0.0894 e. The van der Waals surface area contributed by atoms with Crippen LogP contribution in [0.5, 0.6) is 0 Å². The number of rotatable bonds is 13. The molecule has 0 radical (unpaired) electrons. The van der Waals surface area contributed by atoms with Gasteiger partial charge in [-0.2, -0.15) is 0 Å². The maximum absolute atomic E-state index is 11.4. The van der Waals surface area contributed by atoms with Crippen molar-refractivity contribution in [3.05, 3.63) is 0 Å². The minimum atomic E-state index is -0.865. The predicted octanol–water partition coefficient (Wildman–Crippen LogP) is 1.38. The first-order chi connectivity index (χ1) is 11.5. The molecule has 0 unspecified atom stereocenters. The molecule has 0 aromatic rings. The molecule has 0 aromatic carbocycles. The predicted molar refractivity (Wildman–Crippen MR) is 90.0 cm³/mol. The summed E-state index contributed by atoms with van der Waals surface area (Å²) in [6.45, 7) is 8.71. The lowest BCUT2D eigenvalue weighted by Crippen LogP contribution is -2.55. The van der Waals surface area contributed by atoms with Crippen LogP contribution in [-0.2, 0) is 18.9 Å². The van der Waals surface area contributed by atoms with Crippen LogP contribution in [0.4, 0.5) is 0 Å². The van der Waals surface area contributed by atoms with Crippen LogP contribution in [-0.4, -0.2) is 75.3 Å². The first-order valence-corrected chi connectivity index (χ1v) is 9.15. The fraction of sp³-hybridized carbons (Fsp3) is 1.00. The SMILES string of the molecule is CCC1(CC(O)(COCCOCCO)CC2(CC)COC2)COC1. The number of ether oxygens (including phenoxy) is 4. The number of aliphatic hydroxyl groups excluding tert-OH is 1. The molecule has 2 aliphatic rings. The van der Waals surface area contributed by atoms with E-state index in [4.69, 9.17) is 24.1 Å². The quantitative estimate of drug-likeness (QED) is 0.491. The van der Waals surface area contributed by atoms with Crippen molar-refractivity contribution in [3.63, 3.8) is 0 Å². The minimum absolute atomic E-state index is 0.0159. The van der Waals surface area contributed by atoms with E-state index < -0.39 is 5.60 Å². The lowest BCUT2D eigenvalue weighted by atomic mass is 9.67. The van der Waals surface area contributed by atoms with E-state index in [9.17, 15) is 5.11 Å². The molecule has 0 amide bonds. The Morgan fingerprint density at radius 1 is 0.875 bits per heavy atom. The minimum Gasteiger partial charge on any atom is -0.394 e. The summed E-state index contributed by atoms with van der Waals surface area (Å²) in [5.41, 5.74) is -0.716. The van der Waals surface area contributed by atoms with Crippen molar-refractivity contribution in [2.45, 2.75) is 45.1 Å². The molecule has 2 N–H and O–H groups in total. The standard InChI is InChI=1S/C18H34O6/c1-3-16(11-23-12-16)9-18(20,10-17(4-2)13-24-14-17)15-22-8-7-21-6-5-19/h19-20H,3-15H2,1-2H3. The summed E-state index contributed by atoms with van der Waals surface area (Å²) in [6.07, 6.45) is 3.42. The lowest BCUT2D eigenvalue weighted by Gasteiger charge is -2.50. The van der Waals surface area contributed by atoms with Gasteiger partial charge >= 0.3 is 0 Å². The Morgan fingerprint density at radius 2 is 1.38 bits per heavy atom. The van der Waals surface area contributed by atoms with Gasteiger partial charge in [-0.05, 0) is 25.7 Å². The summed E-state index contributed by atoms with van der Waals surface area (Å²) < 4.78 is 21.8. The van der Waals surface area contributed by atoms with Gasteiger partial charge in [-0.25, -0.2) is 0 Å². The van der Waals surface area contributed by atoms with Gasteiger partial charge in [0.15, 0.2) is 0 Å². The third-order valence-electron chi connectivity index (χ3n) is 5.52. The molecule has 6 heteroatoms. The summed E-state index contributed by atoms with van der Waals surface area (Å²) >= 11 is 0. The molecule has 2 heterocycles. The number of hydrogen-bond acceptors (Lipinski definition) is 6. The van der Waals surface area contributed by atoms with Crippen LogP contribution in [0.3, 0.4) is 0 Å². The molecular weight excluding hydrogens is 312 g/mol. The van der Waals surface area contributed by atoms with Crippen molar-refractivity contribution < 1.29 is 29.2 Å². The number of hydrogen-bond donors (Lipinski definition) is 2. The summed E-state index contributed by atoms with van der Waals surface area (Å²) in [5, 5.41) is 20.1. The van der Waals surface area contributed by atoms with Crippen molar-refractivity contribution in [1.29, 1.82) is 0 Å². The molecule has 0 saturated carbocycles. The summed E-state index contributed by atoms with van der Waals surface area (Å²) in [5.74, 6) is 0. The molecule has 2 rings (SSSR count). The van der Waals surface area contributed by atoms with Gasteiger partial charge in [0.1, 0.15) is 0 Å². The van der Waals surface area contributed by atoms with Crippen LogP contribution >= 0.6 is 0 Å². The molecule has 2 fully saturated rings. The Kier molecular flexibility index (Phi) is 7.46. The van der Waals surface area contributed by atoms with Crippen LogP contribution in [0.25, 0.3) is 0 Å². The zero-order chi connectivity index (χ0) is 17.5. The fourth-order valence-corrected chi connectivity index (χ4v) is 3.75. The molecule has 24 heavy (non-hydrogen) atoms. The number of aliphatic hydroxyl groups is 2. The Labute approximate surface area is 145 Å². The highest BCUT2D eigenvalue weighted by molar-refractivity contribution is 4.99. The molecule has 2 saturated heterocycles. The molecule has 2 aliphatic heterocycles. The summed E-state index contributed by atoms with van der Waals surface area (Å²) in [7, 11) is 0. The van der Waals surface area contributed by atoms with Crippen molar-refractivity contribution in [2.24, 2.45) is 10.8 Å². The van der Waals surface area contributed by atoms with Gasteiger partial charge < -0.3 is 29.2 Å². The van der Waals surface area contributed by atoms with Gasteiger partial charge in [0.25, 0.3) is 0 Å². The topological polar surface area (TPSA) is 77.4 Å². The van der Waals surface area contributed by atoms with Crippen LogP contribution < -0.4 is 0 Å². The fourth-order valence-electron chi connectivity index (χ4n) is 3.75. The molecule has 142 valence electrons. The van der Waals surface area contributed by atoms with Crippen molar-refractivity contribution >= 4 is 0 Å². The Hall–Kier alpha value is -0.240. The van der Waals surface area contributed by atoms with Gasteiger partial charge in [0, 0.05) is 10.8 Å². The van der Waals surface area contributed by atoms with E-state index in [0.717, 1.165) is 39.3 Å². The Balaban J connectivity index is 1.90. The van der Waals surface area contributed by atoms with E-state index in [2.05, 4.69) is 13.8 Å². The van der Waals surface area contributed by atoms with Crippen LogP contribution in [0.1, 0.15) is 39.5 Å². The first kappa shape index (κ1) is 20.1. The van der Waals surface area contributed by atoms with Gasteiger partial charge in [-0.3, -0.25) is 0 Å². The van der Waals surface area contributed by atoms with Crippen LogP contribution in [0.15, 0.2) is 0 Å². The molecule has 0 spiro atoms. The molecule has 6 nitrogen and oxygen atoms in total. The van der Waals surface area contributed by atoms with E-state index in [1.54, 1.807) is 0 Å². The van der Waals surface area contributed by atoms with Gasteiger partial charge in [-0.1, -0.05) is 13.8 Å². The summed E-state index contributed by atoms with van der Waals surface area (Å²) in [6, 6.07) is 0. The molecular formula is C18H34O6. The van der Waals surface area contributed by atoms with Crippen LogP contribution in [0, 0.1) is 10.8 Å². The largest absolute Gasteiger partial charge is 0.394 e. The van der Waals surface area contributed by atoms with Crippen molar-refractivity contribution in [2.75, 3.05) is 59.5 Å². The Morgan fingerprint density at radius 3 is 1.75 bits per heavy atom. The molecule has 0 aliphatic carbocycles. The average Bonchev–Trinajstić information content (AvgIpc) is 2.51. The third-order valence-corrected chi connectivity index (χ3v) is 5.52. The monoisotopic (exact) mass is 346 g/mol. The van der Waals surface area contributed by atoms with E-state index in [0.29, 0.717) is 39.3 Å². The highest BCUT2D eigenvalue weighted by Crippen LogP contribution is 2.46. The van der Waals surface area contributed by atoms with Gasteiger partial charge in [-0.15, -0.1) is 0 Å². The smallest absolute Gasteiger partial charge is 0.0894 e. The van der Waals surface area contributed by atoms with Crippen molar-refractivity contribution in [1.82, 2.24) is 0 Å². The average molecular weight is 346 g/mol. The zero-order valence-corrected chi connectivity index (χ0v) is 15.2. The Bertz CT molecular complexity index is 330. The second-order valence-electron chi connectivity index (χ2n) is 7.66. The van der Waals surface area contributed by atoms with Gasteiger partial charge in [0.2, 0.25) is 0 Å². The lowest BCUT2D eigenvalue weighted by molar-refractivity contribution is -0.201. The first-order valence-electron chi connectivity index (χ1n) is 9.15. The van der Waals surface area contributed by atoms with Crippen molar-refractivity contribution in [3.8, 4) is 0 Å². The second-order valence-corrected chi connectivity index (χ2v) is 7.66. The second kappa shape index (κ2) is 8.92. The maximum atomic E-state index is 11.4. The zero-order valence-electron chi connectivity index (χ0n) is 15.2. The molecule has 0 atom stereocenters. The van der Waals surface area contributed by atoms with Crippen LogP contribution in [0.2, 0.25) is 0 Å². The highest BCUT2D eigenvalue weighted by atomic mass is 16.5. The van der Waals surface area contributed by atoms with E-state index in [-0.39, 0.29) is 17.4 Å².